The number of amides is 1. The Balaban J connectivity index is 0.00000180. The number of hydrogen-bond acceptors (Lipinski definition) is 3. The molecule has 0 aliphatic carbocycles. The van der Waals surface area contributed by atoms with Crippen molar-refractivity contribution in [3.8, 4) is 0 Å². The lowest BCUT2D eigenvalue weighted by molar-refractivity contribution is -0.124. The number of anilines is 1. The van der Waals surface area contributed by atoms with Crippen LogP contribution in [0.2, 0.25) is 0 Å². The third-order valence-electron chi connectivity index (χ3n) is 3.00. The van der Waals surface area contributed by atoms with Crippen LogP contribution in [0.4, 0.5) is 5.69 Å². The van der Waals surface area contributed by atoms with Gasteiger partial charge in [0.25, 0.3) is 5.91 Å². The van der Waals surface area contributed by atoms with Crippen LogP contribution in [-0.4, -0.2) is 25.2 Å². The van der Waals surface area contributed by atoms with E-state index in [0.29, 0.717) is 6.61 Å². The third kappa shape index (κ3) is 4.82. The molecule has 1 aromatic rings. The first-order valence-corrected chi connectivity index (χ1v) is 6.51. The second kappa shape index (κ2) is 8.15. The summed E-state index contributed by atoms with van der Waals surface area (Å²) >= 11 is 0. The molecule has 1 heterocycles. The fourth-order valence-electron chi connectivity index (χ4n) is 2.04. The van der Waals surface area contributed by atoms with Gasteiger partial charge in [0.2, 0.25) is 0 Å². The van der Waals surface area contributed by atoms with E-state index in [1.165, 1.54) is 5.56 Å². The van der Waals surface area contributed by atoms with E-state index in [2.05, 4.69) is 17.6 Å². The largest absolute Gasteiger partial charge is 0.368 e. The zero-order chi connectivity index (χ0) is 12.8. The summed E-state index contributed by atoms with van der Waals surface area (Å²) < 4.78 is 5.36. The molecule has 0 radical (unpaired) electrons. The van der Waals surface area contributed by atoms with Crippen LogP contribution < -0.4 is 10.6 Å². The lowest BCUT2D eigenvalue weighted by atomic mass is 10.2. The number of halogens is 1. The van der Waals surface area contributed by atoms with Crippen molar-refractivity contribution in [2.75, 3.05) is 18.5 Å². The predicted octanol–water partition coefficient (Wildman–Crippen LogP) is 2.34. The maximum atomic E-state index is 11.9. The van der Waals surface area contributed by atoms with E-state index < -0.39 is 0 Å². The Hall–Kier alpha value is -1.10. The SMILES string of the molecule is CCNCc1cccc(NC(=O)[C@H]2CCCO2)c1.Cl. The van der Waals surface area contributed by atoms with E-state index in [4.69, 9.17) is 4.74 Å². The minimum absolute atomic E-state index is 0. The average Bonchev–Trinajstić information content (AvgIpc) is 2.91. The molecule has 0 aromatic heterocycles. The maximum Gasteiger partial charge on any atom is 0.253 e. The van der Waals surface area contributed by atoms with Crippen LogP contribution in [0.5, 0.6) is 0 Å². The molecule has 2 N–H and O–H groups in total. The summed E-state index contributed by atoms with van der Waals surface area (Å²) in [5, 5.41) is 6.17. The van der Waals surface area contributed by atoms with Crippen LogP contribution in [0, 0.1) is 0 Å². The lowest BCUT2D eigenvalue weighted by Crippen LogP contribution is -2.26. The number of hydrogen-bond donors (Lipinski definition) is 2. The Morgan fingerprint density at radius 1 is 1.47 bits per heavy atom. The summed E-state index contributed by atoms with van der Waals surface area (Å²) in [5.74, 6) is -0.0342. The summed E-state index contributed by atoms with van der Waals surface area (Å²) in [7, 11) is 0. The molecular weight excluding hydrogens is 264 g/mol. The van der Waals surface area contributed by atoms with E-state index in [1.54, 1.807) is 0 Å². The maximum absolute atomic E-state index is 11.9. The number of rotatable bonds is 5. The Kier molecular flexibility index (Phi) is 6.84. The van der Waals surface area contributed by atoms with Gasteiger partial charge in [0, 0.05) is 18.8 Å². The third-order valence-corrected chi connectivity index (χ3v) is 3.00. The zero-order valence-corrected chi connectivity index (χ0v) is 12.0. The Morgan fingerprint density at radius 2 is 2.32 bits per heavy atom. The average molecular weight is 285 g/mol. The van der Waals surface area contributed by atoms with Gasteiger partial charge in [-0.1, -0.05) is 19.1 Å². The highest BCUT2D eigenvalue weighted by molar-refractivity contribution is 5.94. The van der Waals surface area contributed by atoms with Gasteiger partial charge >= 0.3 is 0 Å². The molecule has 0 bridgehead atoms. The van der Waals surface area contributed by atoms with Crippen molar-refractivity contribution in [1.29, 1.82) is 0 Å². The first-order valence-electron chi connectivity index (χ1n) is 6.51. The van der Waals surface area contributed by atoms with Crippen molar-refractivity contribution in [2.45, 2.75) is 32.4 Å². The van der Waals surface area contributed by atoms with E-state index in [9.17, 15) is 4.79 Å². The molecule has 1 saturated heterocycles. The van der Waals surface area contributed by atoms with Gasteiger partial charge in [-0.05, 0) is 37.1 Å². The number of carbonyl (C=O) groups excluding carboxylic acids is 1. The highest BCUT2D eigenvalue weighted by Crippen LogP contribution is 2.16. The Morgan fingerprint density at radius 3 is 3.00 bits per heavy atom. The summed E-state index contributed by atoms with van der Waals surface area (Å²) in [4.78, 5) is 11.9. The van der Waals surface area contributed by atoms with Crippen LogP contribution in [0.15, 0.2) is 24.3 Å². The molecule has 1 amide bonds. The summed E-state index contributed by atoms with van der Waals surface area (Å²) in [6.07, 6.45) is 1.52. The summed E-state index contributed by atoms with van der Waals surface area (Å²) in [6, 6.07) is 7.90. The van der Waals surface area contributed by atoms with Gasteiger partial charge in [-0.15, -0.1) is 12.4 Å². The first-order chi connectivity index (χ1) is 8.79. The van der Waals surface area contributed by atoms with Gasteiger partial charge in [0.1, 0.15) is 6.10 Å². The zero-order valence-electron chi connectivity index (χ0n) is 11.1. The first kappa shape index (κ1) is 16.0. The van der Waals surface area contributed by atoms with Crippen LogP contribution in [-0.2, 0) is 16.1 Å². The minimum Gasteiger partial charge on any atom is -0.368 e. The molecule has 1 aliphatic heterocycles. The van der Waals surface area contributed by atoms with Crippen molar-refractivity contribution in [2.24, 2.45) is 0 Å². The molecule has 0 spiro atoms. The molecule has 5 heteroatoms. The molecule has 1 fully saturated rings. The van der Waals surface area contributed by atoms with Crippen molar-refractivity contribution >= 4 is 24.0 Å². The minimum atomic E-state index is -0.276. The van der Waals surface area contributed by atoms with Gasteiger partial charge in [-0.25, -0.2) is 0 Å². The lowest BCUT2D eigenvalue weighted by Gasteiger charge is -2.11. The second-order valence-corrected chi connectivity index (χ2v) is 4.47. The van der Waals surface area contributed by atoms with Crippen LogP contribution in [0.3, 0.4) is 0 Å². The molecule has 2 rings (SSSR count). The number of nitrogens with one attached hydrogen (secondary N) is 2. The molecular formula is C14H21ClN2O2. The van der Waals surface area contributed by atoms with Gasteiger partial charge in [-0.3, -0.25) is 4.79 Å². The Bertz CT molecular complexity index is 406. The van der Waals surface area contributed by atoms with E-state index >= 15 is 0 Å². The standard InChI is InChI=1S/C14H20N2O2.ClH/c1-2-15-10-11-5-3-6-12(9-11)16-14(17)13-7-4-8-18-13;/h3,5-6,9,13,15H,2,4,7-8,10H2,1H3,(H,16,17);1H/t13-;/m1./s1. The Labute approximate surface area is 120 Å². The van der Waals surface area contributed by atoms with Crippen molar-refractivity contribution in [3.05, 3.63) is 29.8 Å². The van der Waals surface area contributed by atoms with Crippen LogP contribution in [0.25, 0.3) is 0 Å². The topological polar surface area (TPSA) is 50.4 Å². The summed E-state index contributed by atoms with van der Waals surface area (Å²) in [5.41, 5.74) is 2.01. The van der Waals surface area contributed by atoms with Gasteiger partial charge in [0.15, 0.2) is 0 Å². The van der Waals surface area contributed by atoms with Crippen molar-refractivity contribution < 1.29 is 9.53 Å². The monoisotopic (exact) mass is 284 g/mol. The molecule has 19 heavy (non-hydrogen) atoms. The van der Waals surface area contributed by atoms with Crippen LogP contribution >= 0.6 is 12.4 Å². The normalized spacial score (nSPS) is 17.8. The van der Waals surface area contributed by atoms with E-state index in [1.807, 2.05) is 24.3 Å². The predicted molar refractivity (Wildman–Crippen MR) is 78.7 cm³/mol. The highest BCUT2D eigenvalue weighted by atomic mass is 35.5. The second-order valence-electron chi connectivity index (χ2n) is 4.47. The molecule has 106 valence electrons. The quantitative estimate of drug-likeness (QED) is 0.872. The molecule has 1 aliphatic rings. The van der Waals surface area contributed by atoms with E-state index in [-0.39, 0.29) is 24.4 Å². The smallest absolute Gasteiger partial charge is 0.253 e. The molecule has 0 saturated carbocycles. The van der Waals surface area contributed by atoms with Gasteiger partial charge in [-0.2, -0.15) is 0 Å². The number of benzene rings is 1. The molecule has 4 nitrogen and oxygen atoms in total. The van der Waals surface area contributed by atoms with Crippen molar-refractivity contribution in [1.82, 2.24) is 5.32 Å². The summed E-state index contributed by atoms with van der Waals surface area (Å²) in [6.45, 7) is 4.52. The van der Waals surface area contributed by atoms with E-state index in [0.717, 1.165) is 31.6 Å². The fraction of sp³-hybridized carbons (Fsp3) is 0.500. The van der Waals surface area contributed by atoms with Crippen molar-refractivity contribution in [3.63, 3.8) is 0 Å². The molecule has 1 aromatic carbocycles. The van der Waals surface area contributed by atoms with Gasteiger partial charge < -0.3 is 15.4 Å². The van der Waals surface area contributed by atoms with Gasteiger partial charge in [0.05, 0.1) is 0 Å². The van der Waals surface area contributed by atoms with Crippen LogP contribution in [0.1, 0.15) is 25.3 Å². The fourth-order valence-corrected chi connectivity index (χ4v) is 2.04. The molecule has 1 atom stereocenters. The number of carbonyl (C=O) groups is 1. The highest BCUT2D eigenvalue weighted by Gasteiger charge is 2.23. The molecule has 0 unspecified atom stereocenters. The number of ether oxygens (including phenoxy) is 1.